The monoisotopic (exact) mass is 694 g/mol. The summed E-state index contributed by atoms with van der Waals surface area (Å²) in [5, 5.41) is 23.4. The number of benzene rings is 2. The van der Waals surface area contributed by atoms with Crippen LogP contribution in [0.1, 0.15) is 30.4 Å². The predicted octanol–water partition coefficient (Wildman–Crippen LogP) is -2.08. The van der Waals surface area contributed by atoms with Gasteiger partial charge >= 0.3 is 0 Å². The number of carbonyl (C=O) groups is 5. The van der Waals surface area contributed by atoms with E-state index in [-0.39, 0.29) is 44.7 Å². The highest BCUT2D eigenvalue weighted by molar-refractivity contribution is 6.02. The van der Waals surface area contributed by atoms with E-state index in [0.717, 1.165) is 10.9 Å². The Morgan fingerprint density at radius 1 is 0.960 bits per heavy atom. The number of aliphatic hydroxyl groups excluding tert-OH is 1. The van der Waals surface area contributed by atoms with Crippen LogP contribution in [0.4, 0.5) is 4.39 Å². The highest BCUT2D eigenvalue weighted by atomic mass is 19.1. The van der Waals surface area contributed by atoms with E-state index >= 15 is 0 Å². The van der Waals surface area contributed by atoms with Gasteiger partial charge in [0.1, 0.15) is 17.9 Å². The molecule has 5 amide bonds. The molecule has 0 unspecified atom stereocenters. The van der Waals surface area contributed by atoms with Crippen molar-refractivity contribution < 1.29 is 33.5 Å². The number of rotatable bonds is 16. The van der Waals surface area contributed by atoms with Crippen molar-refractivity contribution in [3.05, 3.63) is 71.7 Å². The van der Waals surface area contributed by atoms with E-state index in [0.29, 0.717) is 17.5 Å². The molecular weight excluding hydrogens is 651 g/mol. The van der Waals surface area contributed by atoms with Crippen LogP contribution < -0.4 is 43.8 Å². The minimum absolute atomic E-state index is 0.0142. The third-order valence-corrected chi connectivity index (χ3v) is 8.13. The van der Waals surface area contributed by atoms with Gasteiger partial charge in [-0.15, -0.1) is 0 Å². The van der Waals surface area contributed by atoms with Crippen molar-refractivity contribution in [2.45, 2.75) is 62.4 Å². The number of para-hydroxylation sites is 1. The van der Waals surface area contributed by atoms with Gasteiger partial charge in [0, 0.05) is 36.6 Å². The lowest BCUT2D eigenvalue weighted by atomic mass is 10.0. The maximum Gasteiger partial charge on any atom is 0.249 e. The van der Waals surface area contributed by atoms with Gasteiger partial charge in [-0.25, -0.2) is 4.39 Å². The number of nitrogens with zero attached hydrogens (tertiary/aromatic N) is 1. The Balaban J connectivity index is 1.41. The molecular formula is C33H43FN10O6. The number of carbonyl (C=O) groups excluding carboxylic acids is 5. The van der Waals surface area contributed by atoms with Gasteiger partial charge in [0.25, 0.3) is 0 Å². The summed E-state index contributed by atoms with van der Waals surface area (Å²) in [7, 11) is 0. The second kappa shape index (κ2) is 17.8. The first-order valence-electron chi connectivity index (χ1n) is 16.1. The number of hydrogen-bond acceptors (Lipinski definition) is 9. The van der Waals surface area contributed by atoms with E-state index < -0.39 is 72.2 Å². The van der Waals surface area contributed by atoms with Crippen LogP contribution in [0, 0.1) is 5.82 Å². The molecule has 0 radical (unpaired) electrons. The van der Waals surface area contributed by atoms with E-state index in [1.165, 1.54) is 24.3 Å². The molecule has 5 atom stereocenters. The zero-order valence-corrected chi connectivity index (χ0v) is 27.3. The maximum atomic E-state index is 13.4. The number of H-pyrrole nitrogens is 1. The summed E-state index contributed by atoms with van der Waals surface area (Å²) in [4.78, 5) is 72.4. The number of nitrogens with two attached hydrogens (primary N) is 3. The summed E-state index contributed by atoms with van der Waals surface area (Å²) in [5.74, 6) is -4.10. The standard InChI is InChI=1S/C33H43FN10O6/c34-20-9-7-18(8-10-20)12-23(35)29(47)44-32(50)27(13-19-15-39-24-5-2-1-4-22(19)24)42-28(46)17-41-30(48)25(6-3-11-38-33(36)37)43-31(49)26-14-21(45)16-40-26/h1-2,4-5,7-10,15,21,23,25-27,39-40,45H,3,6,11-14,16-17,35H2,(H,41,48)(H,42,46)(H,43,49)(H4,36,37,38)(H,44,47,50)/t21-,23+,25+,26+,27+/m1/s1. The molecule has 0 saturated carbocycles. The van der Waals surface area contributed by atoms with Crippen LogP contribution in [0.25, 0.3) is 10.9 Å². The zero-order valence-electron chi connectivity index (χ0n) is 27.3. The topological polar surface area (TPSA) is 272 Å². The lowest BCUT2D eigenvalue weighted by Gasteiger charge is -2.22. The number of imide groups is 1. The first kappa shape index (κ1) is 37.4. The van der Waals surface area contributed by atoms with Gasteiger partial charge in [0.2, 0.25) is 29.5 Å². The normalized spacial score (nSPS) is 17.3. The molecule has 4 rings (SSSR count). The third-order valence-electron chi connectivity index (χ3n) is 8.13. The molecule has 0 aliphatic carbocycles. The summed E-state index contributed by atoms with van der Waals surface area (Å²) < 4.78 is 13.3. The van der Waals surface area contributed by atoms with Crippen molar-refractivity contribution in [3.63, 3.8) is 0 Å². The fourth-order valence-corrected chi connectivity index (χ4v) is 5.50. The van der Waals surface area contributed by atoms with Crippen LogP contribution >= 0.6 is 0 Å². The van der Waals surface area contributed by atoms with Gasteiger partial charge in [0.05, 0.1) is 24.7 Å². The van der Waals surface area contributed by atoms with Gasteiger partial charge in [-0.3, -0.25) is 34.3 Å². The number of guanidine groups is 1. The molecule has 16 nitrogen and oxygen atoms in total. The number of hydrogen-bond donors (Lipinski definition) is 10. The van der Waals surface area contributed by atoms with Crippen molar-refractivity contribution in [2.24, 2.45) is 22.2 Å². The Morgan fingerprint density at radius 2 is 1.70 bits per heavy atom. The molecule has 1 aliphatic heterocycles. The molecule has 268 valence electrons. The van der Waals surface area contributed by atoms with Gasteiger partial charge < -0.3 is 48.6 Å². The summed E-state index contributed by atoms with van der Waals surface area (Å²) >= 11 is 0. The number of aromatic nitrogens is 1. The summed E-state index contributed by atoms with van der Waals surface area (Å²) in [5.41, 5.74) is 18.8. The molecule has 1 saturated heterocycles. The number of nitrogens with one attached hydrogen (secondary N) is 6. The van der Waals surface area contributed by atoms with E-state index in [1.807, 2.05) is 24.3 Å². The van der Waals surface area contributed by atoms with E-state index in [4.69, 9.17) is 17.2 Å². The Morgan fingerprint density at radius 3 is 2.40 bits per heavy atom. The number of halogens is 1. The first-order valence-corrected chi connectivity index (χ1v) is 16.1. The summed E-state index contributed by atoms with van der Waals surface area (Å²) in [6, 6.07) is 8.61. The highest BCUT2D eigenvalue weighted by Gasteiger charge is 2.31. The number of aliphatic imine (C=N–C) groups is 1. The van der Waals surface area contributed by atoms with E-state index in [9.17, 15) is 33.5 Å². The Labute approximate surface area is 287 Å². The molecule has 0 bridgehead atoms. The van der Waals surface area contributed by atoms with Crippen molar-refractivity contribution in [1.82, 2.24) is 31.6 Å². The average Bonchev–Trinajstić information content (AvgIpc) is 3.71. The molecule has 2 heterocycles. The minimum atomic E-state index is -1.25. The van der Waals surface area contributed by atoms with Crippen molar-refractivity contribution in [2.75, 3.05) is 19.6 Å². The van der Waals surface area contributed by atoms with Crippen LogP contribution in [0.15, 0.2) is 59.7 Å². The summed E-state index contributed by atoms with van der Waals surface area (Å²) in [6.45, 7) is -0.131. The zero-order chi connectivity index (χ0) is 36.2. The van der Waals surface area contributed by atoms with E-state index in [1.54, 1.807) is 6.20 Å². The number of aliphatic hydroxyl groups is 1. The Hall–Kier alpha value is -5.39. The number of fused-ring (bicyclic) bond motifs is 1. The smallest absolute Gasteiger partial charge is 0.249 e. The largest absolute Gasteiger partial charge is 0.392 e. The fourth-order valence-electron chi connectivity index (χ4n) is 5.50. The third kappa shape index (κ3) is 11.1. The quantitative estimate of drug-likeness (QED) is 0.0444. The van der Waals surface area contributed by atoms with Crippen LogP contribution in [-0.4, -0.2) is 95.5 Å². The van der Waals surface area contributed by atoms with Crippen molar-refractivity contribution >= 4 is 46.4 Å². The molecule has 13 N–H and O–H groups in total. The molecule has 2 aromatic carbocycles. The number of β-amino-alcohol motifs (C(OH)–C–C–N with tert-alkyl or cyclic N) is 1. The summed E-state index contributed by atoms with van der Waals surface area (Å²) in [6.07, 6.45) is 1.65. The number of amides is 5. The molecule has 1 aliphatic rings. The van der Waals surface area contributed by atoms with Gasteiger partial charge in [-0.05, 0) is 55.0 Å². The van der Waals surface area contributed by atoms with Crippen molar-refractivity contribution in [1.29, 1.82) is 0 Å². The lowest BCUT2D eigenvalue weighted by molar-refractivity contribution is -0.135. The van der Waals surface area contributed by atoms with Crippen LogP contribution in [0.5, 0.6) is 0 Å². The second-order valence-corrected chi connectivity index (χ2v) is 12.1. The SMILES string of the molecule is NC(N)=NCCC[C@H](NC(=O)[C@@H]1C[C@@H](O)CN1)C(=O)NCC(=O)N[C@@H](Cc1c[nH]c2ccccc12)C(=O)NC(=O)[C@@H](N)Cc1ccc(F)cc1. The molecule has 0 spiro atoms. The van der Waals surface area contributed by atoms with Crippen LogP contribution in [0.2, 0.25) is 0 Å². The number of aromatic amines is 1. The maximum absolute atomic E-state index is 13.4. The predicted molar refractivity (Wildman–Crippen MR) is 182 cm³/mol. The fraction of sp³-hybridized carbons (Fsp3) is 0.394. The minimum Gasteiger partial charge on any atom is -0.392 e. The second-order valence-electron chi connectivity index (χ2n) is 12.1. The van der Waals surface area contributed by atoms with Crippen molar-refractivity contribution in [3.8, 4) is 0 Å². The molecule has 1 fully saturated rings. The van der Waals surface area contributed by atoms with Gasteiger partial charge in [-0.1, -0.05) is 30.3 Å². The van der Waals surface area contributed by atoms with E-state index in [2.05, 4.69) is 36.6 Å². The average molecular weight is 695 g/mol. The molecule has 3 aromatic rings. The Kier molecular flexibility index (Phi) is 13.4. The van der Waals surface area contributed by atoms with Crippen LogP contribution in [0.3, 0.4) is 0 Å². The molecule has 1 aromatic heterocycles. The lowest BCUT2D eigenvalue weighted by Crippen LogP contribution is -2.55. The molecule has 50 heavy (non-hydrogen) atoms. The van der Waals surface area contributed by atoms with Crippen LogP contribution in [-0.2, 0) is 36.8 Å². The first-order chi connectivity index (χ1) is 23.9. The highest BCUT2D eigenvalue weighted by Crippen LogP contribution is 2.19. The van der Waals surface area contributed by atoms with Gasteiger partial charge in [0.15, 0.2) is 5.96 Å². The molecule has 17 heteroatoms. The van der Waals surface area contributed by atoms with Gasteiger partial charge in [-0.2, -0.15) is 0 Å². The Bertz CT molecular complexity index is 1690.